The SMILES string of the molecule is COCC(C(C)C)n1c(N)nc2c(C)ccnc21. The van der Waals surface area contributed by atoms with Gasteiger partial charge >= 0.3 is 0 Å². The molecule has 0 bridgehead atoms. The first kappa shape index (κ1) is 12.8. The van der Waals surface area contributed by atoms with Gasteiger partial charge in [0.25, 0.3) is 0 Å². The Hall–Kier alpha value is -1.62. The first-order valence-corrected chi connectivity index (χ1v) is 6.14. The van der Waals surface area contributed by atoms with Crippen molar-refractivity contribution in [3.8, 4) is 0 Å². The molecule has 2 N–H and O–H groups in total. The van der Waals surface area contributed by atoms with Crippen LogP contribution in [0.4, 0.5) is 5.95 Å². The maximum absolute atomic E-state index is 6.05. The fraction of sp³-hybridized carbons (Fsp3) is 0.538. The molecular formula is C13H20N4O. The number of aromatic nitrogens is 3. The third-order valence-electron chi connectivity index (χ3n) is 3.25. The van der Waals surface area contributed by atoms with Crippen LogP contribution in [0.1, 0.15) is 25.5 Å². The van der Waals surface area contributed by atoms with Crippen LogP contribution in [-0.2, 0) is 4.74 Å². The Morgan fingerprint density at radius 2 is 2.17 bits per heavy atom. The number of nitrogen functional groups attached to an aromatic ring is 1. The van der Waals surface area contributed by atoms with Gasteiger partial charge in [-0.2, -0.15) is 0 Å². The van der Waals surface area contributed by atoms with Gasteiger partial charge in [-0.05, 0) is 24.5 Å². The van der Waals surface area contributed by atoms with Gasteiger partial charge in [-0.15, -0.1) is 0 Å². The summed E-state index contributed by atoms with van der Waals surface area (Å²) in [5.74, 6) is 0.898. The van der Waals surface area contributed by atoms with Gasteiger partial charge < -0.3 is 10.5 Å². The van der Waals surface area contributed by atoms with Gasteiger partial charge in [-0.3, -0.25) is 4.57 Å². The Kier molecular flexibility index (Phi) is 3.52. The van der Waals surface area contributed by atoms with E-state index in [1.54, 1.807) is 13.3 Å². The second-order valence-electron chi connectivity index (χ2n) is 4.91. The quantitative estimate of drug-likeness (QED) is 0.900. The molecule has 0 fully saturated rings. The highest BCUT2D eigenvalue weighted by Gasteiger charge is 2.22. The van der Waals surface area contributed by atoms with E-state index in [-0.39, 0.29) is 6.04 Å². The van der Waals surface area contributed by atoms with Crippen molar-refractivity contribution in [2.45, 2.75) is 26.8 Å². The minimum Gasteiger partial charge on any atom is -0.383 e. The van der Waals surface area contributed by atoms with E-state index in [1.807, 2.05) is 17.6 Å². The molecule has 18 heavy (non-hydrogen) atoms. The number of fused-ring (bicyclic) bond motifs is 1. The number of imidazole rings is 1. The van der Waals surface area contributed by atoms with Crippen molar-refractivity contribution < 1.29 is 4.74 Å². The van der Waals surface area contributed by atoms with Gasteiger partial charge in [0.2, 0.25) is 5.95 Å². The van der Waals surface area contributed by atoms with Crippen molar-refractivity contribution in [2.24, 2.45) is 5.92 Å². The molecule has 0 radical (unpaired) electrons. The van der Waals surface area contributed by atoms with E-state index in [2.05, 4.69) is 23.8 Å². The van der Waals surface area contributed by atoms with Crippen LogP contribution in [0.5, 0.6) is 0 Å². The molecule has 5 heteroatoms. The molecule has 5 nitrogen and oxygen atoms in total. The molecule has 0 aromatic carbocycles. The van der Waals surface area contributed by atoms with E-state index in [0.717, 1.165) is 16.7 Å². The van der Waals surface area contributed by atoms with Crippen LogP contribution in [0.25, 0.3) is 11.2 Å². The number of pyridine rings is 1. The molecule has 0 aliphatic heterocycles. The number of hydrogen-bond acceptors (Lipinski definition) is 4. The third kappa shape index (κ3) is 2.06. The first-order valence-electron chi connectivity index (χ1n) is 6.14. The minimum absolute atomic E-state index is 0.147. The van der Waals surface area contributed by atoms with Crippen molar-refractivity contribution >= 4 is 17.1 Å². The van der Waals surface area contributed by atoms with Crippen LogP contribution in [0.15, 0.2) is 12.3 Å². The predicted octanol–water partition coefficient (Wildman–Crippen LogP) is 2.17. The van der Waals surface area contributed by atoms with Gasteiger partial charge in [0.1, 0.15) is 5.52 Å². The molecule has 0 aliphatic rings. The van der Waals surface area contributed by atoms with Gasteiger partial charge in [-0.1, -0.05) is 13.8 Å². The van der Waals surface area contributed by atoms with E-state index >= 15 is 0 Å². The first-order chi connectivity index (χ1) is 8.56. The summed E-state index contributed by atoms with van der Waals surface area (Å²) in [5.41, 5.74) is 8.84. The summed E-state index contributed by atoms with van der Waals surface area (Å²) in [7, 11) is 1.70. The molecule has 0 saturated carbocycles. The molecule has 1 unspecified atom stereocenters. The lowest BCUT2D eigenvalue weighted by molar-refractivity contribution is 0.136. The average Bonchev–Trinajstić information content (AvgIpc) is 2.64. The molecule has 2 aromatic heterocycles. The molecule has 0 saturated heterocycles. The zero-order valence-electron chi connectivity index (χ0n) is 11.3. The normalized spacial score (nSPS) is 13.4. The molecule has 2 heterocycles. The maximum atomic E-state index is 6.05. The minimum atomic E-state index is 0.147. The fourth-order valence-corrected chi connectivity index (χ4v) is 2.19. The van der Waals surface area contributed by atoms with Crippen molar-refractivity contribution in [3.05, 3.63) is 17.8 Å². The summed E-state index contributed by atoms with van der Waals surface area (Å²) in [6.07, 6.45) is 1.79. The molecule has 2 rings (SSSR count). The Bertz CT molecular complexity index is 547. The number of methoxy groups -OCH3 is 1. The maximum Gasteiger partial charge on any atom is 0.202 e. The van der Waals surface area contributed by atoms with E-state index in [4.69, 9.17) is 10.5 Å². The highest BCUT2D eigenvalue weighted by Crippen LogP contribution is 2.27. The van der Waals surface area contributed by atoms with Crippen LogP contribution in [-0.4, -0.2) is 28.3 Å². The van der Waals surface area contributed by atoms with Crippen LogP contribution in [0.2, 0.25) is 0 Å². The van der Waals surface area contributed by atoms with Crippen molar-refractivity contribution in [2.75, 3.05) is 19.5 Å². The largest absolute Gasteiger partial charge is 0.383 e. The highest BCUT2D eigenvalue weighted by atomic mass is 16.5. The van der Waals surface area contributed by atoms with Crippen LogP contribution < -0.4 is 5.73 Å². The topological polar surface area (TPSA) is 66.0 Å². The Morgan fingerprint density at radius 1 is 1.44 bits per heavy atom. The lowest BCUT2D eigenvalue weighted by Crippen LogP contribution is -2.22. The standard InChI is InChI=1S/C13H20N4O/c1-8(2)10(7-18-4)17-12-11(16-13(17)14)9(3)5-6-15-12/h5-6,8,10H,7H2,1-4H3,(H2,14,16). The average molecular weight is 248 g/mol. The Labute approximate surface area is 107 Å². The molecule has 0 spiro atoms. The van der Waals surface area contributed by atoms with E-state index in [0.29, 0.717) is 18.5 Å². The lowest BCUT2D eigenvalue weighted by Gasteiger charge is -2.22. The second-order valence-corrected chi connectivity index (χ2v) is 4.91. The Morgan fingerprint density at radius 3 is 2.78 bits per heavy atom. The van der Waals surface area contributed by atoms with Crippen molar-refractivity contribution in [1.29, 1.82) is 0 Å². The second kappa shape index (κ2) is 4.94. The molecule has 0 aliphatic carbocycles. The molecular weight excluding hydrogens is 228 g/mol. The number of rotatable bonds is 4. The van der Waals surface area contributed by atoms with Gasteiger partial charge in [0.05, 0.1) is 12.6 Å². The summed E-state index contributed by atoms with van der Waals surface area (Å²) < 4.78 is 7.27. The van der Waals surface area contributed by atoms with Crippen LogP contribution in [0.3, 0.4) is 0 Å². The Balaban J connectivity index is 2.62. The monoisotopic (exact) mass is 248 g/mol. The lowest BCUT2D eigenvalue weighted by atomic mass is 10.1. The number of nitrogens with two attached hydrogens (primary N) is 1. The van der Waals surface area contributed by atoms with Crippen molar-refractivity contribution in [3.63, 3.8) is 0 Å². The van der Waals surface area contributed by atoms with Gasteiger partial charge in [0, 0.05) is 13.3 Å². The molecule has 98 valence electrons. The van der Waals surface area contributed by atoms with Gasteiger partial charge in [0.15, 0.2) is 5.65 Å². The number of anilines is 1. The number of aryl methyl sites for hydroxylation is 1. The summed E-state index contributed by atoms with van der Waals surface area (Å²) in [6.45, 7) is 6.90. The molecule has 1 atom stereocenters. The van der Waals surface area contributed by atoms with E-state index < -0.39 is 0 Å². The summed E-state index contributed by atoms with van der Waals surface area (Å²) in [5, 5.41) is 0. The van der Waals surface area contributed by atoms with Crippen LogP contribution >= 0.6 is 0 Å². The zero-order chi connectivity index (χ0) is 13.3. The summed E-state index contributed by atoms with van der Waals surface area (Å²) >= 11 is 0. The number of nitrogens with zero attached hydrogens (tertiary/aromatic N) is 3. The third-order valence-corrected chi connectivity index (χ3v) is 3.25. The van der Waals surface area contributed by atoms with E-state index in [1.165, 1.54) is 0 Å². The van der Waals surface area contributed by atoms with E-state index in [9.17, 15) is 0 Å². The molecule has 2 aromatic rings. The van der Waals surface area contributed by atoms with Crippen LogP contribution in [0, 0.1) is 12.8 Å². The van der Waals surface area contributed by atoms with Gasteiger partial charge in [-0.25, -0.2) is 9.97 Å². The number of hydrogen-bond donors (Lipinski definition) is 1. The smallest absolute Gasteiger partial charge is 0.202 e. The molecule has 0 amide bonds. The fourth-order valence-electron chi connectivity index (χ4n) is 2.19. The summed E-state index contributed by atoms with van der Waals surface area (Å²) in [6, 6.07) is 2.09. The summed E-state index contributed by atoms with van der Waals surface area (Å²) in [4.78, 5) is 8.83. The predicted molar refractivity (Wildman–Crippen MR) is 72.4 cm³/mol. The number of ether oxygens (including phenoxy) is 1. The highest BCUT2D eigenvalue weighted by molar-refractivity contribution is 5.77. The zero-order valence-corrected chi connectivity index (χ0v) is 11.3. The van der Waals surface area contributed by atoms with Crippen molar-refractivity contribution in [1.82, 2.24) is 14.5 Å².